The number of aliphatic imine (C=N–C) groups is 1. The molecule has 0 saturated carbocycles. The normalized spacial score (nSPS) is 14.2. The molecule has 120 valence electrons. The second kappa shape index (κ2) is 7.54. The number of nitrogens with one attached hydrogen (secondary N) is 2. The van der Waals surface area contributed by atoms with Crippen LogP contribution in [0.5, 0.6) is 0 Å². The summed E-state index contributed by atoms with van der Waals surface area (Å²) in [5.74, 6) is 0.736. The molecule has 0 atom stereocenters. The Hall–Kier alpha value is -0.430. The molecule has 0 radical (unpaired) electrons. The molecule has 0 aromatic carbocycles. The van der Waals surface area contributed by atoms with Gasteiger partial charge in [-0.05, 0) is 40.9 Å². The Morgan fingerprint density at radius 2 is 1.70 bits per heavy atom. The van der Waals surface area contributed by atoms with Gasteiger partial charge in [-0.2, -0.15) is 11.8 Å². The van der Waals surface area contributed by atoms with Gasteiger partial charge in [0.05, 0.1) is 10.5 Å². The van der Waals surface area contributed by atoms with Crippen molar-refractivity contribution in [2.24, 2.45) is 4.99 Å². The summed E-state index contributed by atoms with van der Waals surface area (Å²) >= 11 is 1.77. The van der Waals surface area contributed by atoms with Gasteiger partial charge in [-0.3, -0.25) is 4.99 Å². The number of guanidine groups is 1. The zero-order valence-electron chi connectivity index (χ0n) is 13.7. The maximum Gasteiger partial charge on any atom is 0.191 e. The molecule has 7 heteroatoms. The molecule has 0 fully saturated rings. The van der Waals surface area contributed by atoms with Crippen molar-refractivity contribution in [1.29, 1.82) is 0 Å². The van der Waals surface area contributed by atoms with Gasteiger partial charge in [0.15, 0.2) is 15.8 Å². The van der Waals surface area contributed by atoms with Crippen LogP contribution in [0.3, 0.4) is 0 Å². The fourth-order valence-electron chi connectivity index (χ4n) is 1.20. The summed E-state index contributed by atoms with van der Waals surface area (Å²) in [5.41, 5.74) is 0. The highest BCUT2D eigenvalue weighted by molar-refractivity contribution is 7.99. The molecule has 0 unspecified atom stereocenters. The van der Waals surface area contributed by atoms with Crippen LogP contribution in [0.4, 0.5) is 0 Å². The molecule has 20 heavy (non-hydrogen) atoms. The lowest BCUT2D eigenvalue weighted by atomic mass is 10.2. The van der Waals surface area contributed by atoms with E-state index in [1.807, 2.05) is 0 Å². The average Bonchev–Trinajstić information content (AvgIpc) is 2.32. The molecular weight excluding hydrogens is 294 g/mol. The SMILES string of the molecule is CN=C(NCCS(=O)(=O)C(C)(C)C)NCC(C)(C)SC. The molecule has 0 saturated heterocycles. The van der Waals surface area contributed by atoms with Crippen LogP contribution in [0.1, 0.15) is 34.6 Å². The van der Waals surface area contributed by atoms with Crippen molar-refractivity contribution in [1.82, 2.24) is 10.6 Å². The summed E-state index contributed by atoms with van der Waals surface area (Å²) in [6.45, 7) is 10.6. The standard InChI is InChI=1S/C13H29N3O2S2/c1-12(2,3)20(17,18)9-8-15-11(14-6)16-10-13(4,5)19-7/h8-10H2,1-7H3,(H2,14,15,16). The van der Waals surface area contributed by atoms with E-state index in [9.17, 15) is 8.42 Å². The van der Waals surface area contributed by atoms with E-state index < -0.39 is 14.6 Å². The van der Waals surface area contributed by atoms with Crippen molar-refractivity contribution >= 4 is 27.6 Å². The molecule has 0 aliphatic rings. The first-order valence-electron chi connectivity index (χ1n) is 6.67. The van der Waals surface area contributed by atoms with Gasteiger partial charge in [-0.15, -0.1) is 0 Å². The molecule has 2 N–H and O–H groups in total. The Morgan fingerprint density at radius 1 is 1.15 bits per heavy atom. The van der Waals surface area contributed by atoms with Crippen LogP contribution in [0.15, 0.2) is 4.99 Å². The third kappa shape index (κ3) is 6.83. The minimum absolute atomic E-state index is 0.100. The highest BCUT2D eigenvalue weighted by atomic mass is 32.2. The van der Waals surface area contributed by atoms with E-state index in [-0.39, 0.29) is 10.5 Å². The first-order chi connectivity index (χ1) is 8.95. The summed E-state index contributed by atoms with van der Waals surface area (Å²) in [7, 11) is -1.42. The molecule has 0 aromatic rings. The Labute approximate surface area is 128 Å². The van der Waals surface area contributed by atoms with Gasteiger partial charge in [0.2, 0.25) is 0 Å². The van der Waals surface area contributed by atoms with Gasteiger partial charge in [-0.1, -0.05) is 0 Å². The first kappa shape index (κ1) is 19.6. The maximum absolute atomic E-state index is 12.0. The summed E-state index contributed by atoms with van der Waals surface area (Å²) in [4.78, 5) is 4.10. The molecule has 0 heterocycles. The van der Waals surface area contributed by atoms with E-state index in [0.717, 1.165) is 6.54 Å². The van der Waals surface area contributed by atoms with Gasteiger partial charge in [0.25, 0.3) is 0 Å². The van der Waals surface area contributed by atoms with Crippen molar-refractivity contribution in [2.75, 3.05) is 32.1 Å². The molecule has 0 bridgehead atoms. The largest absolute Gasteiger partial charge is 0.355 e. The van der Waals surface area contributed by atoms with Gasteiger partial charge >= 0.3 is 0 Å². The van der Waals surface area contributed by atoms with Crippen molar-refractivity contribution in [3.63, 3.8) is 0 Å². The molecule has 0 aromatic heterocycles. The molecule has 0 spiro atoms. The highest BCUT2D eigenvalue weighted by Crippen LogP contribution is 2.19. The Kier molecular flexibility index (Phi) is 7.38. The summed E-state index contributed by atoms with van der Waals surface area (Å²) < 4.78 is 23.4. The minimum Gasteiger partial charge on any atom is -0.355 e. The summed E-state index contributed by atoms with van der Waals surface area (Å²) in [6, 6.07) is 0. The van der Waals surface area contributed by atoms with Crippen LogP contribution >= 0.6 is 11.8 Å². The van der Waals surface area contributed by atoms with Crippen LogP contribution in [0.2, 0.25) is 0 Å². The van der Waals surface area contributed by atoms with Crippen molar-refractivity contribution in [3.05, 3.63) is 0 Å². The number of nitrogens with zero attached hydrogens (tertiary/aromatic N) is 1. The topological polar surface area (TPSA) is 70.6 Å². The highest BCUT2D eigenvalue weighted by Gasteiger charge is 2.28. The lowest BCUT2D eigenvalue weighted by molar-refractivity contribution is 0.558. The van der Waals surface area contributed by atoms with Crippen molar-refractivity contribution in [3.8, 4) is 0 Å². The third-order valence-electron chi connectivity index (χ3n) is 3.05. The van der Waals surface area contributed by atoms with Crippen LogP contribution in [0, 0.1) is 0 Å². The quantitative estimate of drug-likeness (QED) is 0.573. The smallest absolute Gasteiger partial charge is 0.191 e. The molecule has 0 amide bonds. The van der Waals surface area contributed by atoms with E-state index in [4.69, 9.17) is 0 Å². The molecule has 0 aliphatic heterocycles. The second-order valence-electron chi connectivity index (χ2n) is 6.25. The lowest BCUT2D eigenvalue weighted by Crippen LogP contribution is -2.45. The van der Waals surface area contributed by atoms with Crippen molar-refractivity contribution < 1.29 is 8.42 Å². The van der Waals surface area contributed by atoms with Gasteiger partial charge < -0.3 is 10.6 Å². The number of thioether (sulfide) groups is 1. The van der Waals surface area contributed by atoms with E-state index in [2.05, 4.69) is 35.7 Å². The number of hydrogen-bond acceptors (Lipinski definition) is 4. The zero-order valence-corrected chi connectivity index (χ0v) is 15.3. The number of hydrogen-bond donors (Lipinski definition) is 2. The third-order valence-corrected chi connectivity index (χ3v) is 6.91. The van der Waals surface area contributed by atoms with E-state index in [1.165, 1.54) is 0 Å². The first-order valence-corrected chi connectivity index (χ1v) is 9.55. The predicted molar refractivity (Wildman–Crippen MR) is 90.5 cm³/mol. The second-order valence-corrected chi connectivity index (χ2v) is 10.6. The lowest BCUT2D eigenvalue weighted by Gasteiger charge is -2.24. The monoisotopic (exact) mass is 323 g/mol. The molecule has 0 aliphatic carbocycles. The molecular formula is C13H29N3O2S2. The number of rotatable bonds is 6. The fourth-order valence-corrected chi connectivity index (χ4v) is 2.40. The van der Waals surface area contributed by atoms with Crippen LogP contribution in [-0.4, -0.2) is 56.0 Å². The Bertz CT molecular complexity index is 423. The summed E-state index contributed by atoms with van der Waals surface area (Å²) in [6.07, 6.45) is 2.06. The van der Waals surface area contributed by atoms with Gasteiger partial charge in [0, 0.05) is 24.9 Å². The van der Waals surface area contributed by atoms with E-state index in [1.54, 1.807) is 39.6 Å². The van der Waals surface area contributed by atoms with E-state index >= 15 is 0 Å². The van der Waals surface area contributed by atoms with Crippen LogP contribution in [0.25, 0.3) is 0 Å². The molecule has 0 rings (SSSR count). The van der Waals surface area contributed by atoms with E-state index in [0.29, 0.717) is 12.5 Å². The fraction of sp³-hybridized carbons (Fsp3) is 0.923. The number of sulfone groups is 1. The Balaban J connectivity index is 4.31. The Morgan fingerprint density at radius 3 is 2.10 bits per heavy atom. The molecule has 5 nitrogen and oxygen atoms in total. The summed E-state index contributed by atoms with van der Waals surface area (Å²) in [5, 5.41) is 6.25. The minimum atomic E-state index is -3.10. The van der Waals surface area contributed by atoms with Crippen molar-refractivity contribution in [2.45, 2.75) is 44.1 Å². The maximum atomic E-state index is 12.0. The zero-order chi connectivity index (χ0) is 16.0. The van der Waals surface area contributed by atoms with Gasteiger partial charge in [-0.25, -0.2) is 8.42 Å². The van der Waals surface area contributed by atoms with Crippen LogP contribution in [-0.2, 0) is 9.84 Å². The average molecular weight is 324 g/mol. The van der Waals surface area contributed by atoms with Crippen LogP contribution < -0.4 is 10.6 Å². The predicted octanol–water partition coefficient (Wildman–Crippen LogP) is 1.51. The van der Waals surface area contributed by atoms with Gasteiger partial charge in [0.1, 0.15) is 0 Å².